The van der Waals surface area contributed by atoms with E-state index in [4.69, 9.17) is 15.9 Å². The number of carboxylic acid groups (broad SMARTS) is 1. The third-order valence-electron chi connectivity index (χ3n) is 3.12. The van der Waals surface area contributed by atoms with Crippen molar-refractivity contribution in [2.24, 2.45) is 5.73 Å². The van der Waals surface area contributed by atoms with Gasteiger partial charge in [0.2, 0.25) is 0 Å². The number of rotatable bonds is 8. The van der Waals surface area contributed by atoms with Gasteiger partial charge in [0, 0.05) is 0 Å². The van der Waals surface area contributed by atoms with Gasteiger partial charge in [-0.15, -0.1) is 0 Å². The van der Waals surface area contributed by atoms with E-state index in [9.17, 15) is 24.8 Å². The summed E-state index contributed by atoms with van der Waals surface area (Å²) in [5, 5.41) is 26.4. The Morgan fingerprint density at radius 2 is 2.04 bits per heavy atom. The molecule has 0 aromatic heterocycles. The number of nitrogens with two attached hydrogens (primary N) is 1. The van der Waals surface area contributed by atoms with E-state index in [1.807, 2.05) is 0 Å². The lowest BCUT2D eigenvalue weighted by Gasteiger charge is -2.26. The van der Waals surface area contributed by atoms with E-state index in [0.29, 0.717) is 10.5 Å². The van der Waals surface area contributed by atoms with Crippen LogP contribution in [0.25, 0.3) is 0 Å². The molecule has 1 amide bonds. The first-order valence-corrected chi connectivity index (χ1v) is 7.29. The zero-order chi connectivity index (χ0) is 18.8. The largest absolute Gasteiger partial charge is 0.480 e. The Labute approximate surface area is 143 Å². The molecule has 0 radical (unpaired) electrons. The highest BCUT2D eigenvalue weighted by atomic mass is 16.7. The summed E-state index contributed by atoms with van der Waals surface area (Å²) in [6, 6.07) is 7.05. The molecule has 1 atom stereocenters. The maximum absolute atomic E-state index is 12.3. The predicted octanol–water partition coefficient (Wildman–Crippen LogP) is 0.533. The van der Waals surface area contributed by atoms with Crippen molar-refractivity contribution in [1.29, 1.82) is 5.41 Å². The van der Waals surface area contributed by atoms with Crippen molar-refractivity contribution in [3.8, 4) is 0 Å². The second-order valence-electron chi connectivity index (χ2n) is 4.91. The van der Waals surface area contributed by atoms with Gasteiger partial charge in [-0.3, -0.25) is 5.41 Å². The van der Waals surface area contributed by atoms with Crippen molar-refractivity contribution in [1.82, 2.24) is 10.3 Å². The number of hydrogen-bond acceptors (Lipinski definition) is 7. The normalized spacial score (nSPS) is 11.2. The topological polar surface area (TPSA) is 172 Å². The molecule has 136 valence electrons. The Morgan fingerprint density at radius 3 is 2.56 bits per heavy atom. The van der Waals surface area contributed by atoms with Crippen LogP contribution in [0, 0.1) is 15.5 Å². The summed E-state index contributed by atoms with van der Waals surface area (Å²) in [6.45, 7) is -0.0160. The predicted molar refractivity (Wildman–Crippen MR) is 86.0 cm³/mol. The Balaban J connectivity index is 2.94. The number of benzene rings is 1. The molecule has 0 heterocycles. The quantitative estimate of drug-likeness (QED) is 0.227. The van der Waals surface area contributed by atoms with E-state index in [0.717, 1.165) is 0 Å². The number of ether oxygens (including phenoxy) is 1. The standard InChI is InChI=1S/C14H19N5O6/c15-8-4-7-11(12(20)21)18(13(16)17-19(23)24)14(22)25-9-10-5-2-1-3-6-10/h1-3,5-6,11H,4,7-9,15H2,(H2,16,17)(H,20,21)/t11-/m0/s1. The molecule has 11 heteroatoms. The number of amides is 1. The van der Waals surface area contributed by atoms with Crippen LogP contribution >= 0.6 is 0 Å². The summed E-state index contributed by atoms with van der Waals surface area (Å²) in [7, 11) is 0. The maximum atomic E-state index is 12.3. The summed E-state index contributed by atoms with van der Waals surface area (Å²) >= 11 is 0. The van der Waals surface area contributed by atoms with Crippen LogP contribution in [0.5, 0.6) is 0 Å². The second kappa shape index (κ2) is 9.82. The fourth-order valence-corrected chi connectivity index (χ4v) is 1.98. The zero-order valence-electron chi connectivity index (χ0n) is 13.3. The first-order valence-electron chi connectivity index (χ1n) is 7.29. The third kappa shape index (κ3) is 6.43. The number of carboxylic acids is 1. The van der Waals surface area contributed by atoms with Crippen molar-refractivity contribution < 1.29 is 24.5 Å². The van der Waals surface area contributed by atoms with Crippen molar-refractivity contribution in [2.75, 3.05) is 6.54 Å². The van der Waals surface area contributed by atoms with Gasteiger partial charge in [0.25, 0.3) is 5.96 Å². The molecule has 0 bridgehead atoms. The average Bonchev–Trinajstić information content (AvgIpc) is 2.56. The summed E-state index contributed by atoms with van der Waals surface area (Å²) in [6.07, 6.45) is -1.04. The Hall–Kier alpha value is -3.21. The van der Waals surface area contributed by atoms with Gasteiger partial charge >= 0.3 is 12.1 Å². The van der Waals surface area contributed by atoms with Crippen molar-refractivity contribution in [2.45, 2.75) is 25.5 Å². The lowest BCUT2D eigenvalue weighted by Crippen LogP contribution is -2.54. The van der Waals surface area contributed by atoms with Crippen LogP contribution < -0.4 is 11.2 Å². The number of hydrogen-bond donors (Lipinski definition) is 4. The van der Waals surface area contributed by atoms with E-state index in [2.05, 4.69) is 0 Å². The van der Waals surface area contributed by atoms with E-state index in [1.165, 1.54) is 5.43 Å². The molecular weight excluding hydrogens is 334 g/mol. The molecule has 0 aliphatic heterocycles. The van der Waals surface area contributed by atoms with Gasteiger partial charge in [-0.05, 0) is 24.9 Å². The molecule has 11 nitrogen and oxygen atoms in total. The number of nitro groups is 1. The van der Waals surface area contributed by atoms with Gasteiger partial charge in [0.15, 0.2) is 5.03 Å². The van der Waals surface area contributed by atoms with E-state index in [-0.39, 0.29) is 26.0 Å². The Morgan fingerprint density at radius 1 is 1.40 bits per heavy atom. The number of guanidine groups is 1. The van der Waals surface area contributed by atoms with Gasteiger partial charge in [-0.2, -0.15) is 0 Å². The van der Waals surface area contributed by atoms with Crippen molar-refractivity contribution in [3.63, 3.8) is 0 Å². The highest BCUT2D eigenvalue weighted by molar-refractivity contribution is 5.96. The lowest BCUT2D eigenvalue weighted by molar-refractivity contribution is -0.526. The minimum atomic E-state index is -1.52. The Bertz CT molecular complexity index is 623. The number of hydrazine groups is 1. The second-order valence-corrected chi connectivity index (χ2v) is 4.91. The van der Waals surface area contributed by atoms with E-state index < -0.39 is 29.1 Å². The maximum Gasteiger partial charge on any atom is 0.417 e. The van der Waals surface area contributed by atoms with E-state index in [1.54, 1.807) is 30.3 Å². The highest BCUT2D eigenvalue weighted by Gasteiger charge is 2.35. The molecule has 0 saturated carbocycles. The van der Waals surface area contributed by atoms with Crippen LogP contribution in [0.3, 0.4) is 0 Å². The van der Waals surface area contributed by atoms with Gasteiger partial charge in [0.1, 0.15) is 12.6 Å². The van der Waals surface area contributed by atoms with Gasteiger partial charge in [-0.25, -0.2) is 24.6 Å². The molecule has 1 rings (SSSR count). The van der Waals surface area contributed by atoms with Crippen LogP contribution in [0.15, 0.2) is 30.3 Å². The summed E-state index contributed by atoms with van der Waals surface area (Å²) in [5.74, 6) is -2.44. The number of nitrogens with one attached hydrogen (secondary N) is 2. The van der Waals surface area contributed by atoms with Gasteiger partial charge in [0.05, 0.1) is 0 Å². The van der Waals surface area contributed by atoms with Gasteiger partial charge in [-0.1, -0.05) is 35.8 Å². The highest BCUT2D eigenvalue weighted by Crippen LogP contribution is 2.11. The lowest BCUT2D eigenvalue weighted by atomic mass is 10.1. The van der Waals surface area contributed by atoms with Crippen LogP contribution in [0.4, 0.5) is 4.79 Å². The fraction of sp³-hybridized carbons (Fsp3) is 0.357. The van der Waals surface area contributed by atoms with Crippen LogP contribution in [-0.2, 0) is 16.1 Å². The van der Waals surface area contributed by atoms with Crippen LogP contribution in [0.2, 0.25) is 0 Å². The molecule has 0 aliphatic carbocycles. The van der Waals surface area contributed by atoms with Gasteiger partial charge < -0.3 is 15.6 Å². The molecule has 5 N–H and O–H groups in total. The molecule has 0 saturated heterocycles. The Kier molecular flexibility index (Phi) is 7.79. The monoisotopic (exact) mass is 353 g/mol. The molecular formula is C14H19N5O6. The smallest absolute Gasteiger partial charge is 0.417 e. The zero-order valence-corrected chi connectivity index (χ0v) is 13.3. The number of aliphatic carboxylic acids is 1. The molecule has 25 heavy (non-hydrogen) atoms. The summed E-state index contributed by atoms with van der Waals surface area (Å²) in [4.78, 5) is 34.6. The fourth-order valence-electron chi connectivity index (χ4n) is 1.98. The van der Waals surface area contributed by atoms with E-state index >= 15 is 0 Å². The first kappa shape index (κ1) is 19.8. The van der Waals surface area contributed by atoms with Crippen LogP contribution in [-0.4, -0.2) is 45.6 Å². The molecule has 1 aromatic carbocycles. The number of carbonyl (C=O) groups excluding carboxylic acids is 1. The average molecular weight is 353 g/mol. The van der Waals surface area contributed by atoms with Crippen molar-refractivity contribution >= 4 is 18.0 Å². The molecule has 0 unspecified atom stereocenters. The first-order chi connectivity index (χ1) is 11.9. The third-order valence-corrected chi connectivity index (χ3v) is 3.12. The minimum Gasteiger partial charge on any atom is -0.480 e. The molecule has 0 fully saturated rings. The molecule has 1 aromatic rings. The minimum absolute atomic E-state index is 0.0892. The van der Waals surface area contributed by atoms with Crippen LogP contribution in [0.1, 0.15) is 18.4 Å². The SMILES string of the molecule is N=C(N[N+](=O)[O-])N(C(=O)OCc1ccccc1)[C@@H](CCCN)C(=O)O. The summed E-state index contributed by atoms with van der Waals surface area (Å²) < 4.78 is 4.99. The molecule has 0 spiro atoms. The number of carbonyl (C=O) groups is 2. The number of nitrogens with zero attached hydrogens (tertiary/aromatic N) is 2. The molecule has 0 aliphatic rings. The summed E-state index contributed by atoms with van der Waals surface area (Å²) in [5.41, 5.74) is 7.45. The van der Waals surface area contributed by atoms with Crippen molar-refractivity contribution in [3.05, 3.63) is 46.0 Å².